The smallest absolute Gasteiger partial charge is 0.319 e. The predicted octanol–water partition coefficient (Wildman–Crippen LogP) is 4.71. The number of carbonyl (C=O) groups is 1. The van der Waals surface area contributed by atoms with Crippen LogP contribution in [0.1, 0.15) is 22.0 Å². The average Bonchev–Trinajstić information content (AvgIpc) is 3.31. The van der Waals surface area contributed by atoms with Crippen molar-refractivity contribution in [3.05, 3.63) is 68.1 Å². The van der Waals surface area contributed by atoms with Gasteiger partial charge >= 0.3 is 6.03 Å². The molecule has 0 radical (unpaired) electrons. The average molecular weight is 450 g/mol. The van der Waals surface area contributed by atoms with Crippen molar-refractivity contribution in [2.45, 2.75) is 19.0 Å². The molecule has 6 nitrogen and oxygen atoms in total. The minimum absolute atomic E-state index is 0.0625. The van der Waals surface area contributed by atoms with Crippen molar-refractivity contribution in [3.63, 3.8) is 0 Å². The number of hydrogen-bond donors (Lipinski definition) is 2. The third-order valence-electron chi connectivity index (χ3n) is 5.02. The van der Waals surface area contributed by atoms with Crippen LogP contribution in [-0.2, 0) is 20.0 Å². The Bertz CT molecular complexity index is 1020. The van der Waals surface area contributed by atoms with E-state index in [-0.39, 0.29) is 12.1 Å². The van der Waals surface area contributed by atoms with E-state index in [1.54, 1.807) is 41.5 Å². The van der Waals surface area contributed by atoms with E-state index < -0.39 is 0 Å². The van der Waals surface area contributed by atoms with Gasteiger partial charge < -0.3 is 10.6 Å². The number of aryl methyl sites for hydroxylation is 1. The predicted molar refractivity (Wildman–Crippen MR) is 118 cm³/mol. The van der Waals surface area contributed by atoms with Crippen molar-refractivity contribution in [1.82, 2.24) is 20.0 Å². The lowest BCUT2D eigenvalue weighted by atomic mass is 10.0. The molecule has 2 amide bonds. The molecule has 2 N–H and O–H groups in total. The zero-order valence-corrected chi connectivity index (χ0v) is 18.2. The Hall–Kier alpha value is -2.06. The Morgan fingerprint density at radius 3 is 2.97 bits per heavy atom. The summed E-state index contributed by atoms with van der Waals surface area (Å²) < 4.78 is 1.64. The first-order valence-corrected chi connectivity index (χ1v) is 10.9. The number of amides is 2. The zero-order chi connectivity index (χ0) is 20.4. The van der Waals surface area contributed by atoms with Gasteiger partial charge in [-0.15, -0.1) is 11.3 Å². The van der Waals surface area contributed by atoms with Gasteiger partial charge in [-0.3, -0.25) is 9.58 Å². The monoisotopic (exact) mass is 449 g/mol. The van der Waals surface area contributed by atoms with Crippen molar-refractivity contribution < 1.29 is 4.79 Å². The molecule has 29 heavy (non-hydrogen) atoms. The fourth-order valence-corrected chi connectivity index (χ4v) is 5.02. The van der Waals surface area contributed by atoms with Gasteiger partial charge in [0.25, 0.3) is 0 Å². The van der Waals surface area contributed by atoms with E-state index in [9.17, 15) is 4.79 Å². The number of nitrogens with zero attached hydrogens (tertiary/aromatic N) is 3. The third kappa shape index (κ3) is 4.75. The number of thiophene rings is 1. The Morgan fingerprint density at radius 2 is 2.21 bits per heavy atom. The molecule has 152 valence electrons. The summed E-state index contributed by atoms with van der Waals surface area (Å²) in [4.78, 5) is 16.2. The molecule has 0 saturated carbocycles. The fraction of sp³-hybridized carbons (Fsp3) is 0.300. The van der Waals surface area contributed by atoms with E-state index in [2.05, 4.69) is 32.1 Å². The van der Waals surface area contributed by atoms with Gasteiger partial charge in [-0.05, 0) is 41.1 Å². The maximum absolute atomic E-state index is 12.4. The van der Waals surface area contributed by atoms with E-state index in [1.807, 2.05) is 12.1 Å². The van der Waals surface area contributed by atoms with Crippen molar-refractivity contribution in [1.29, 1.82) is 0 Å². The van der Waals surface area contributed by atoms with Crippen LogP contribution in [0.25, 0.3) is 0 Å². The Kier molecular flexibility index (Phi) is 6.10. The Labute approximate surface area is 183 Å². The van der Waals surface area contributed by atoms with Crippen LogP contribution < -0.4 is 10.6 Å². The van der Waals surface area contributed by atoms with Gasteiger partial charge in [0.05, 0.1) is 17.9 Å². The van der Waals surface area contributed by atoms with Gasteiger partial charge in [0, 0.05) is 47.8 Å². The minimum atomic E-state index is -0.277. The lowest BCUT2D eigenvalue weighted by Crippen LogP contribution is -2.41. The number of fused-ring (bicyclic) bond motifs is 1. The molecule has 0 saturated heterocycles. The molecule has 1 unspecified atom stereocenters. The van der Waals surface area contributed by atoms with Gasteiger partial charge in [-0.1, -0.05) is 29.3 Å². The number of benzene rings is 1. The van der Waals surface area contributed by atoms with Crippen LogP contribution >= 0.6 is 34.5 Å². The van der Waals surface area contributed by atoms with Gasteiger partial charge in [0.15, 0.2) is 0 Å². The number of aromatic nitrogens is 2. The van der Waals surface area contributed by atoms with E-state index in [0.29, 0.717) is 22.3 Å². The molecule has 1 aliphatic heterocycles. The van der Waals surface area contributed by atoms with Crippen LogP contribution in [-0.4, -0.2) is 33.8 Å². The van der Waals surface area contributed by atoms with Crippen molar-refractivity contribution in [2.75, 3.05) is 18.4 Å². The Balaban J connectivity index is 1.51. The molecular formula is C20H21Cl2N5OS. The number of nitrogens with one attached hydrogen (secondary N) is 2. The summed E-state index contributed by atoms with van der Waals surface area (Å²) in [5.41, 5.74) is 2.94. The second kappa shape index (κ2) is 8.75. The van der Waals surface area contributed by atoms with Crippen LogP contribution in [0.2, 0.25) is 10.0 Å². The highest BCUT2D eigenvalue weighted by atomic mass is 35.5. The fourth-order valence-electron chi connectivity index (χ4n) is 3.59. The molecule has 0 bridgehead atoms. The van der Waals surface area contributed by atoms with Crippen molar-refractivity contribution in [3.8, 4) is 0 Å². The molecule has 4 rings (SSSR count). The molecule has 3 aromatic rings. The number of carbonyl (C=O) groups excluding carboxylic acids is 1. The molecule has 9 heteroatoms. The Morgan fingerprint density at radius 1 is 1.34 bits per heavy atom. The summed E-state index contributed by atoms with van der Waals surface area (Å²) in [7, 11) is 1.80. The topological polar surface area (TPSA) is 62.2 Å². The standard InChI is InChI=1S/C20H21Cl2N5OS/c1-26-12-15(9-24-26)25-20(28)23-10-18(16-3-2-14(21)8-17(16)22)27-6-4-19-13(11-27)5-7-29-19/h2-3,5,7-9,12,18H,4,6,10-11H2,1H3,(H2,23,25,28). The summed E-state index contributed by atoms with van der Waals surface area (Å²) in [6.45, 7) is 2.16. The maximum Gasteiger partial charge on any atom is 0.319 e. The summed E-state index contributed by atoms with van der Waals surface area (Å²) >= 11 is 14.4. The second-order valence-corrected chi connectivity index (χ2v) is 8.85. The maximum atomic E-state index is 12.4. The normalized spacial score (nSPS) is 15.0. The van der Waals surface area contributed by atoms with E-state index in [4.69, 9.17) is 23.2 Å². The van der Waals surface area contributed by atoms with E-state index >= 15 is 0 Å². The molecule has 0 fully saturated rings. The summed E-state index contributed by atoms with van der Waals surface area (Å²) in [5.74, 6) is 0. The lowest BCUT2D eigenvalue weighted by molar-refractivity contribution is 0.177. The van der Waals surface area contributed by atoms with Crippen LogP contribution in [0.5, 0.6) is 0 Å². The van der Waals surface area contributed by atoms with Crippen LogP contribution in [0, 0.1) is 0 Å². The second-order valence-electron chi connectivity index (χ2n) is 7.01. The van der Waals surface area contributed by atoms with Crippen LogP contribution in [0.15, 0.2) is 42.0 Å². The number of rotatable bonds is 5. The lowest BCUT2D eigenvalue weighted by Gasteiger charge is -2.35. The number of anilines is 1. The van der Waals surface area contributed by atoms with Gasteiger partial charge in [-0.2, -0.15) is 5.10 Å². The van der Waals surface area contributed by atoms with Crippen LogP contribution in [0.3, 0.4) is 0 Å². The van der Waals surface area contributed by atoms with Crippen molar-refractivity contribution in [2.24, 2.45) is 7.05 Å². The molecule has 1 aromatic carbocycles. The minimum Gasteiger partial charge on any atom is -0.336 e. The quantitative estimate of drug-likeness (QED) is 0.592. The summed E-state index contributed by atoms with van der Waals surface area (Å²) in [6.07, 6.45) is 4.35. The molecule has 2 aromatic heterocycles. The first kappa shape index (κ1) is 20.2. The number of halogens is 2. The highest BCUT2D eigenvalue weighted by molar-refractivity contribution is 7.10. The molecule has 0 spiro atoms. The van der Waals surface area contributed by atoms with Crippen molar-refractivity contribution >= 4 is 46.3 Å². The molecule has 1 atom stereocenters. The van der Waals surface area contributed by atoms with E-state index in [0.717, 1.165) is 25.1 Å². The van der Waals surface area contributed by atoms with Gasteiger partial charge in [-0.25, -0.2) is 4.79 Å². The first-order valence-electron chi connectivity index (χ1n) is 9.27. The van der Waals surface area contributed by atoms with Crippen LogP contribution in [0.4, 0.5) is 10.5 Å². The van der Waals surface area contributed by atoms with E-state index in [1.165, 1.54) is 10.4 Å². The highest BCUT2D eigenvalue weighted by Gasteiger charge is 2.27. The third-order valence-corrected chi connectivity index (χ3v) is 6.60. The summed E-state index contributed by atoms with van der Waals surface area (Å²) in [6, 6.07) is 7.37. The molecule has 1 aliphatic rings. The highest BCUT2D eigenvalue weighted by Crippen LogP contribution is 2.34. The number of hydrogen-bond acceptors (Lipinski definition) is 4. The van der Waals surface area contributed by atoms with Gasteiger partial charge in [0.1, 0.15) is 0 Å². The first-order chi connectivity index (χ1) is 14.0. The number of urea groups is 1. The zero-order valence-electron chi connectivity index (χ0n) is 15.9. The SMILES string of the molecule is Cn1cc(NC(=O)NCC(c2ccc(Cl)cc2Cl)N2CCc3sccc3C2)cn1. The van der Waals surface area contributed by atoms with Gasteiger partial charge in [0.2, 0.25) is 0 Å². The molecular weight excluding hydrogens is 429 g/mol. The largest absolute Gasteiger partial charge is 0.336 e. The molecule has 3 heterocycles. The molecule has 0 aliphatic carbocycles. The summed E-state index contributed by atoms with van der Waals surface area (Å²) in [5, 5.41) is 13.2.